The maximum atomic E-state index is 12.2. The Hall–Kier alpha value is -2.13. The highest BCUT2D eigenvalue weighted by Crippen LogP contribution is 2.17. The van der Waals surface area contributed by atoms with Crippen LogP contribution in [-0.4, -0.2) is 12.0 Å². The number of hydrogen-bond donors (Lipinski definition) is 1. The molecule has 0 saturated carbocycles. The number of hydrogen-bond acceptors (Lipinski definition) is 2. The molecule has 0 aliphatic carbocycles. The third-order valence-electron chi connectivity index (χ3n) is 3.73. The monoisotopic (exact) mass is 297 g/mol. The minimum absolute atomic E-state index is 0.0310. The maximum Gasteiger partial charge on any atom is 0.249 e. The number of benzene rings is 2. The zero-order chi connectivity index (χ0) is 15.9. The van der Waals surface area contributed by atoms with Gasteiger partial charge >= 0.3 is 0 Å². The van der Waals surface area contributed by atoms with Crippen LogP contribution < -0.4 is 5.32 Å². The summed E-state index contributed by atoms with van der Waals surface area (Å²) in [6.45, 7) is 6.26. The molecule has 0 heterocycles. The standard InChI is InChI=1S/C19H23NO2/c1-14-9-7-8-12-18(14)15(2)20-19(21)16(3)22-13-17-10-5-4-6-11-17/h4-12,15-16H,13H2,1-3H3,(H,20,21)/t15-,16-/m1/s1. The largest absolute Gasteiger partial charge is 0.364 e. The van der Waals surface area contributed by atoms with Crippen LogP contribution in [0.25, 0.3) is 0 Å². The summed E-state index contributed by atoms with van der Waals surface area (Å²) in [5.41, 5.74) is 3.37. The van der Waals surface area contributed by atoms with Crippen molar-refractivity contribution in [3.05, 3.63) is 71.3 Å². The first kappa shape index (κ1) is 16.2. The van der Waals surface area contributed by atoms with E-state index in [2.05, 4.69) is 5.32 Å². The number of amides is 1. The zero-order valence-electron chi connectivity index (χ0n) is 13.4. The second-order valence-electron chi connectivity index (χ2n) is 5.53. The number of ether oxygens (including phenoxy) is 1. The summed E-state index contributed by atoms with van der Waals surface area (Å²) in [5.74, 6) is -0.0910. The van der Waals surface area contributed by atoms with E-state index in [1.165, 1.54) is 5.56 Å². The minimum atomic E-state index is -0.480. The molecule has 3 heteroatoms. The van der Waals surface area contributed by atoms with E-state index in [9.17, 15) is 4.79 Å². The third kappa shape index (κ3) is 4.43. The first-order valence-corrected chi connectivity index (χ1v) is 7.59. The van der Waals surface area contributed by atoms with Crippen molar-refractivity contribution in [3.63, 3.8) is 0 Å². The number of carbonyl (C=O) groups is 1. The van der Waals surface area contributed by atoms with Crippen molar-refractivity contribution in [2.75, 3.05) is 0 Å². The molecular weight excluding hydrogens is 274 g/mol. The first-order chi connectivity index (χ1) is 10.6. The summed E-state index contributed by atoms with van der Waals surface area (Å²) in [5, 5.41) is 3.01. The van der Waals surface area contributed by atoms with Crippen LogP contribution in [0.15, 0.2) is 54.6 Å². The Morgan fingerprint density at radius 1 is 1.05 bits per heavy atom. The Kier molecular flexibility index (Phi) is 5.73. The normalized spacial score (nSPS) is 13.4. The van der Waals surface area contributed by atoms with E-state index >= 15 is 0 Å². The molecule has 0 radical (unpaired) electrons. The zero-order valence-corrected chi connectivity index (χ0v) is 13.4. The molecule has 0 aliphatic rings. The lowest BCUT2D eigenvalue weighted by Gasteiger charge is -2.19. The van der Waals surface area contributed by atoms with E-state index in [0.29, 0.717) is 6.61 Å². The van der Waals surface area contributed by atoms with Gasteiger partial charge in [0.2, 0.25) is 5.91 Å². The molecule has 22 heavy (non-hydrogen) atoms. The predicted molar refractivity (Wildman–Crippen MR) is 88.4 cm³/mol. The van der Waals surface area contributed by atoms with E-state index in [4.69, 9.17) is 4.74 Å². The second kappa shape index (κ2) is 7.76. The molecule has 0 bridgehead atoms. The van der Waals surface area contributed by atoms with Crippen molar-refractivity contribution in [1.82, 2.24) is 5.32 Å². The van der Waals surface area contributed by atoms with Gasteiger partial charge < -0.3 is 10.1 Å². The van der Waals surface area contributed by atoms with Crippen LogP contribution in [0.1, 0.15) is 36.6 Å². The van der Waals surface area contributed by atoms with Gasteiger partial charge in [-0.05, 0) is 37.5 Å². The number of carbonyl (C=O) groups excluding carboxylic acids is 1. The molecule has 0 unspecified atom stereocenters. The number of nitrogens with one attached hydrogen (secondary N) is 1. The second-order valence-corrected chi connectivity index (χ2v) is 5.53. The lowest BCUT2D eigenvalue weighted by atomic mass is 10.0. The van der Waals surface area contributed by atoms with Crippen LogP contribution in [0.2, 0.25) is 0 Å². The van der Waals surface area contributed by atoms with Crippen molar-refractivity contribution in [2.45, 2.75) is 39.5 Å². The third-order valence-corrected chi connectivity index (χ3v) is 3.73. The van der Waals surface area contributed by atoms with Crippen LogP contribution in [0, 0.1) is 6.92 Å². The van der Waals surface area contributed by atoms with Crippen LogP contribution in [-0.2, 0) is 16.1 Å². The molecule has 2 aromatic carbocycles. The van der Waals surface area contributed by atoms with Gasteiger partial charge in [0.25, 0.3) is 0 Å². The first-order valence-electron chi connectivity index (χ1n) is 7.59. The molecule has 0 fully saturated rings. The van der Waals surface area contributed by atoms with E-state index in [-0.39, 0.29) is 11.9 Å². The van der Waals surface area contributed by atoms with Gasteiger partial charge in [0.1, 0.15) is 6.10 Å². The Morgan fingerprint density at radius 3 is 2.36 bits per heavy atom. The molecular formula is C19H23NO2. The van der Waals surface area contributed by atoms with Crippen LogP contribution in [0.4, 0.5) is 0 Å². The molecule has 2 aromatic rings. The quantitative estimate of drug-likeness (QED) is 0.881. The van der Waals surface area contributed by atoms with Gasteiger partial charge in [-0.25, -0.2) is 0 Å². The van der Waals surface area contributed by atoms with Gasteiger partial charge in [0, 0.05) is 0 Å². The minimum Gasteiger partial charge on any atom is -0.364 e. The van der Waals surface area contributed by atoms with Gasteiger partial charge in [-0.15, -0.1) is 0 Å². The number of aryl methyl sites for hydroxylation is 1. The van der Waals surface area contributed by atoms with Crippen LogP contribution in [0.3, 0.4) is 0 Å². The number of rotatable bonds is 6. The molecule has 0 aliphatic heterocycles. The van der Waals surface area contributed by atoms with Gasteiger partial charge in [0.15, 0.2) is 0 Å². The topological polar surface area (TPSA) is 38.3 Å². The lowest BCUT2D eigenvalue weighted by Crippen LogP contribution is -2.36. The summed E-state index contributed by atoms with van der Waals surface area (Å²) < 4.78 is 5.64. The Bertz CT molecular complexity index is 610. The van der Waals surface area contributed by atoms with E-state index in [1.54, 1.807) is 6.92 Å². The van der Waals surface area contributed by atoms with Crippen molar-refractivity contribution >= 4 is 5.91 Å². The molecule has 0 aromatic heterocycles. The van der Waals surface area contributed by atoms with Crippen molar-refractivity contribution < 1.29 is 9.53 Å². The highest BCUT2D eigenvalue weighted by Gasteiger charge is 2.17. The van der Waals surface area contributed by atoms with Crippen LogP contribution in [0.5, 0.6) is 0 Å². The fraction of sp³-hybridized carbons (Fsp3) is 0.316. The molecule has 3 nitrogen and oxygen atoms in total. The van der Waals surface area contributed by atoms with Gasteiger partial charge in [-0.3, -0.25) is 4.79 Å². The molecule has 1 N–H and O–H groups in total. The Morgan fingerprint density at radius 2 is 1.68 bits per heavy atom. The van der Waals surface area contributed by atoms with Crippen molar-refractivity contribution in [2.24, 2.45) is 0 Å². The maximum absolute atomic E-state index is 12.2. The average Bonchev–Trinajstić information content (AvgIpc) is 2.53. The molecule has 0 saturated heterocycles. The Balaban J connectivity index is 1.87. The van der Waals surface area contributed by atoms with E-state index in [0.717, 1.165) is 11.1 Å². The smallest absolute Gasteiger partial charge is 0.249 e. The predicted octanol–water partition coefficient (Wildman–Crippen LogP) is 3.78. The highest BCUT2D eigenvalue weighted by atomic mass is 16.5. The van der Waals surface area contributed by atoms with E-state index in [1.807, 2.05) is 68.4 Å². The van der Waals surface area contributed by atoms with Gasteiger partial charge in [-0.1, -0.05) is 54.6 Å². The summed E-state index contributed by atoms with van der Waals surface area (Å²) in [7, 11) is 0. The Labute approximate surface area is 132 Å². The molecule has 116 valence electrons. The molecule has 2 rings (SSSR count). The fourth-order valence-corrected chi connectivity index (χ4v) is 2.35. The highest BCUT2D eigenvalue weighted by molar-refractivity contribution is 5.80. The van der Waals surface area contributed by atoms with Gasteiger partial charge in [-0.2, -0.15) is 0 Å². The molecule has 1 amide bonds. The SMILES string of the molecule is Cc1ccccc1[C@@H](C)NC(=O)[C@@H](C)OCc1ccccc1. The van der Waals surface area contributed by atoms with Crippen LogP contribution >= 0.6 is 0 Å². The van der Waals surface area contributed by atoms with Gasteiger partial charge in [0.05, 0.1) is 12.6 Å². The average molecular weight is 297 g/mol. The summed E-state index contributed by atoms with van der Waals surface area (Å²) >= 11 is 0. The lowest BCUT2D eigenvalue weighted by molar-refractivity contribution is -0.133. The van der Waals surface area contributed by atoms with Crippen molar-refractivity contribution in [1.29, 1.82) is 0 Å². The fourth-order valence-electron chi connectivity index (χ4n) is 2.35. The van der Waals surface area contributed by atoms with Crippen molar-refractivity contribution in [3.8, 4) is 0 Å². The summed E-state index contributed by atoms with van der Waals surface area (Å²) in [4.78, 5) is 12.2. The molecule has 2 atom stereocenters. The summed E-state index contributed by atoms with van der Waals surface area (Å²) in [6.07, 6.45) is -0.480. The van der Waals surface area contributed by atoms with E-state index < -0.39 is 6.10 Å². The summed E-state index contributed by atoms with van der Waals surface area (Å²) in [6, 6.07) is 17.9. The molecule has 0 spiro atoms.